The number of nitrogens with zero attached hydrogens (tertiary/aromatic N) is 3. The Balaban J connectivity index is 1.27. The van der Waals surface area contributed by atoms with E-state index < -0.39 is 0 Å². The molecule has 0 atom stereocenters. The molecule has 210 valence electrons. The topological polar surface area (TPSA) is 98.1 Å². The molecule has 0 radical (unpaired) electrons. The third-order valence-electron chi connectivity index (χ3n) is 7.55. The van der Waals surface area contributed by atoms with Gasteiger partial charge in [0.2, 0.25) is 5.91 Å². The zero-order valence-corrected chi connectivity index (χ0v) is 23.2. The van der Waals surface area contributed by atoms with Crippen LogP contribution in [0.5, 0.6) is 0 Å². The van der Waals surface area contributed by atoms with Gasteiger partial charge in [0.05, 0.1) is 11.4 Å². The van der Waals surface area contributed by atoms with Crippen LogP contribution in [-0.2, 0) is 4.79 Å². The highest BCUT2D eigenvalue weighted by Gasteiger charge is 2.23. The van der Waals surface area contributed by atoms with Crippen LogP contribution in [0.1, 0.15) is 51.5 Å². The second-order valence-electron chi connectivity index (χ2n) is 10.5. The second kappa shape index (κ2) is 12.3. The van der Waals surface area contributed by atoms with Crippen molar-refractivity contribution in [2.45, 2.75) is 33.1 Å². The molecule has 40 heavy (non-hydrogen) atoms. The maximum Gasteiger partial charge on any atom is 0.291 e. The molecule has 9 nitrogen and oxygen atoms in total. The van der Waals surface area contributed by atoms with Gasteiger partial charge in [-0.05, 0) is 69.2 Å². The van der Waals surface area contributed by atoms with E-state index in [-0.39, 0.29) is 23.5 Å². The van der Waals surface area contributed by atoms with Gasteiger partial charge in [0.1, 0.15) is 5.76 Å². The minimum absolute atomic E-state index is 0.189. The van der Waals surface area contributed by atoms with Gasteiger partial charge in [0.25, 0.3) is 11.8 Å². The van der Waals surface area contributed by atoms with E-state index in [2.05, 4.69) is 51.6 Å². The highest BCUT2D eigenvalue weighted by Crippen LogP contribution is 2.30. The van der Waals surface area contributed by atoms with Crippen molar-refractivity contribution in [3.8, 4) is 0 Å². The standard InChI is InChI=1S/C31H37N5O4/c1-22-6-10-25(11-7-22)34-17-19-35(20-18-34)27-12-9-24(21-26(27)33-31(39)28-13-8-23(2)40-28)30(38)32-14-4-16-36-15-3-5-29(36)37/h6-13,21H,3-5,14-20H2,1-2H3,(H,32,38)(H,33,39). The van der Waals surface area contributed by atoms with Crippen molar-refractivity contribution in [2.75, 3.05) is 60.9 Å². The first-order valence-electron chi connectivity index (χ1n) is 14.0. The largest absolute Gasteiger partial charge is 0.456 e. The molecule has 0 spiro atoms. The lowest BCUT2D eigenvalue weighted by molar-refractivity contribution is -0.127. The summed E-state index contributed by atoms with van der Waals surface area (Å²) in [6.45, 7) is 9.03. The second-order valence-corrected chi connectivity index (χ2v) is 10.5. The molecule has 9 heteroatoms. The minimum atomic E-state index is -0.361. The monoisotopic (exact) mass is 543 g/mol. The Kier molecular flexibility index (Phi) is 8.38. The summed E-state index contributed by atoms with van der Waals surface area (Å²) in [5.74, 6) is 0.488. The van der Waals surface area contributed by atoms with Gasteiger partial charge in [-0.3, -0.25) is 14.4 Å². The Bertz CT molecular complexity index is 1360. The highest BCUT2D eigenvalue weighted by molar-refractivity contribution is 6.05. The Labute approximate surface area is 235 Å². The van der Waals surface area contributed by atoms with Gasteiger partial charge >= 0.3 is 0 Å². The Morgan fingerprint density at radius 2 is 1.62 bits per heavy atom. The molecule has 5 rings (SSSR count). The molecule has 3 amide bonds. The SMILES string of the molecule is Cc1ccc(N2CCN(c3ccc(C(=O)NCCCN4CCCC4=O)cc3NC(=O)c3ccc(C)o3)CC2)cc1. The average molecular weight is 544 g/mol. The summed E-state index contributed by atoms with van der Waals surface area (Å²) in [6, 6.07) is 17.4. The maximum absolute atomic E-state index is 13.0. The van der Waals surface area contributed by atoms with Crippen LogP contribution in [0.15, 0.2) is 59.0 Å². The summed E-state index contributed by atoms with van der Waals surface area (Å²) in [5.41, 5.74) is 4.33. The van der Waals surface area contributed by atoms with Crippen molar-refractivity contribution in [2.24, 2.45) is 0 Å². The number of aryl methyl sites for hydroxylation is 2. The lowest BCUT2D eigenvalue weighted by atomic mass is 10.1. The van der Waals surface area contributed by atoms with E-state index in [4.69, 9.17) is 4.42 Å². The number of furan rings is 1. The van der Waals surface area contributed by atoms with E-state index in [1.54, 1.807) is 31.2 Å². The number of carbonyl (C=O) groups is 3. The van der Waals surface area contributed by atoms with E-state index in [0.717, 1.165) is 44.8 Å². The number of anilines is 3. The van der Waals surface area contributed by atoms with Crippen LogP contribution in [0.4, 0.5) is 17.1 Å². The average Bonchev–Trinajstić information content (AvgIpc) is 3.59. The molecule has 0 unspecified atom stereocenters. The zero-order chi connectivity index (χ0) is 28.1. The normalized spacial score (nSPS) is 15.4. The molecule has 0 saturated carbocycles. The predicted molar refractivity (Wildman–Crippen MR) is 156 cm³/mol. The van der Waals surface area contributed by atoms with Crippen LogP contribution in [-0.4, -0.2) is 68.4 Å². The molecule has 2 saturated heterocycles. The van der Waals surface area contributed by atoms with Crippen molar-refractivity contribution in [3.05, 3.63) is 77.2 Å². The van der Waals surface area contributed by atoms with Gasteiger partial charge in [-0.1, -0.05) is 17.7 Å². The minimum Gasteiger partial charge on any atom is -0.456 e. The van der Waals surface area contributed by atoms with Gasteiger partial charge in [0, 0.05) is 63.5 Å². The van der Waals surface area contributed by atoms with Gasteiger partial charge < -0.3 is 29.8 Å². The van der Waals surface area contributed by atoms with Crippen molar-refractivity contribution in [3.63, 3.8) is 0 Å². The molecule has 3 aromatic rings. The summed E-state index contributed by atoms with van der Waals surface area (Å²) in [6.07, 6.45) is 2.22. The van der Waals surface area contributed by atoms with Crippen molar-refractivity contribution in [1.82, 2.24) is 10.2 Å². The molecular weight excluding hydrogens is 506 g/mol. The fourth-order valence-corrected chi connectivity index (χ4v) is 5.27. The Hall–Kier alpha value is -4.27. The molecule has 0 bridgehead atoms. The number of hydrogen-bond acceptors (Lipinski definition) is 6. The fourth-order valence-electron chi connectivity index (χ4n) is 5.27. The Morgan fingerprint density at radius 3 is 2.30 bits per heavy atom. The summed E-state index contributed by atoms with van der Waals surface area (Å²) in [4.78, 5) is 44.2. The van der Waals surface area contributed by atoms with Crippen molar-refractivity contribution < 1.29 is 18.8 Å². The summed E-state index contributed by atoms with van der Waals surface area (Å²) >= 11 is 0. The van der Waals surface area contributed by atoms with Crippen LogP contribution < -0.4 is 20.4 Å². The van der Waals surface area contributed by atoms with Gasteiger partial charge in [0.15, 0.2) is 5.76 Å². The van der Waals surface area contributed by atoms with E-state index in [9.17, 15) is 14.4 Å². The van der Waals surface area contributed by atoms with Crippen LogP contribution in [0, 0.1) is 13.8 Å². The maximum atomic E-state index is 13.0. The third-order valence-corrected chi connectivity index (χ3v) is 7.55. The van der Waals surface area contributed by atoms with E-state index in [0.29, 0.717) is 42.9 Å². The Morgan fingerprint density at radius 1 is 0.875 bits per heavy atom. The first kappa shape index (κ1) is 27.3. The van der Waals surface area contributed by atoms with Gasteiger partial charge in [-0.25, -0.2) is 0 Å². The first-order valence-corrected chi connectivity index (χ1v) is 14.0. The molecule has 1 aromatic heterocycles. The van der Waals surface area contributed by atoms with Crippen molar-refractivity contribution in [1.29, 1.82) is 0 Å². The quantitative estimate of drug-likeness (QED) is 0.392. The molecule has 2 aliphatic heterocycles. The molecular formula is C31H37N5O4. The van der Waals surface area contributed by atoms with Gasteiger partial charge in [-0.15, -0.1) is 0 Å². The van der Waals surface area contributed by atoms with Crippen LogP contribution >= 0.6 is 0 Å². The smallest absolute Gasteiger partial charge is 0.291 e. The number of hydrogen-bond donors (Lipinski definition) is 2. The number of amides is 3. The fraction of sp³-hybridized carbons (Fsp3) is 0.387. The summed E-state index contributed by atoms with van der Waals surface area (Å²) in [7, 11) is 0. The lowest BCUT2D eigenvalue weighted by Gasteiger charge is -2.38. The number of likely N-dealkylation sites (tertiary alicyclic amines) is 1. The van der Waals surface area contributed by atoms with Crippen LogP contribution in [0.2, 0.25) is 0 Å². The molecule has 2 aromatic carbocycles. The number of benzene rings is 2. The van der Waals surface area contributed by atoms with E-state index in [1.807, 2.05) is 11.0 Å². The number of rotatable bonds is 9. The number of piperazine rings is 1. The molecule has 2 fully saturated rings. The summed E-state index contributed by atoms with van der Waals surface area (Å²) in [5, 5.41) is 5.93. The lowest BCUT2D eigenvalue weighted by Crippen LogP contribution is -2.46. The molecule has 0 aliphatic carbocycles. The van der Waals surface area contributed by atoms with Crippen molar-refractivity contribution >= 4 is 34.8 Å². The highest BCUT2D eigenvalue weighted by atomic mass is 16.3. The number of carbonyl (C=O) groups excluding carboxylic acids is 3. The van der Waals surface area contributed by atoms with Gasteiger partial charge in [-0.2, -0.15) is 0 Å². The van der Waals surface area contributed by atoms with E-state index >= 15 is 0 Å². The zero-order valence-electron chi connectivity index (χ0n) is 23.2. The van der Waals surface area contributed by atoms with Crippen LogP contribution in [0.25, 0.3) is 0 Å². The van der Waals surface area contributed by atoms with Crippen LogP contribution in [0.3, 0.4) is 0 Å². The number of nitrogens with one attached hydrogen (secondary N) is 2. The third kappa shape index (κ3) is 6.47. The molecule has 2 N–H and O–H groups in total. The predicted octanol–water partition coefficient (Wildman–Crippen LogP) is 4.22. The first-order chi connectivity index (χ1) is 19.4. The molecule has 2 aliphatic rings. The van der Waals surface area contributed by atoms with E-state index in [1.165, 1.54) is 11.3 Å². The molecule has 3 heterocycles. The summed E-state index contributed by atoms with van der Waals surface area (Å²) < 4.78 is 5.53.